The van der Waals surface area contributed by atoms with Crippen LogP contribution in [0.15, 0.2) is 42.5 Å². The first-order chi connectivity index (χ1) is 20.9. The highest BCUT2D eigenvalue weighted by atomic mass is 35.5. The Labute approximate surface area is 273 Å². The van der Waals surface area contributed by atoms with E-state index in [0.29, 0.717) is 47.0 Å². The predicted molar refractivity (Wildman–Crippen MR) is 183 cm³/mol. The first-order valence-electron chi connectivity index (χ1n) is 15.3. The van der Waals surface area contributed by atoms with Crippen molar-refractivity contribution in [3.63, 3.8) is 0 Å². The zero-order valence-corrected chi connectivity index (χ0v) is 28.6. The lowest BCUT2D eigenvalue weighted by Gasteiger charge is -2.35. The highest BCUT2D eigenvalue weighted by Gasteiger charge is 2.36. The number of anilines is 1. The number of halogens is 1. The Hall–Kier alpha value is -3.15. The van der Waals surface area contributed by atoms with E-state index < -0.39 is 29.7 Å². The van der Waals surface area contributed by atoms with Gasteiger partial charge in [0, 0.05) is 12.1 Å². The van der Waals surface area contributed by atoms with E-state index in [4.69, 9.17) is 22.8 Å². The van der Waals surface area contributed by atoms with Gasteiger partial charge in [-0.15, -0.1) is 6.42 Å². The number of carbonyl (C=O) groups is 3. The van der Waals surface area contributed by atoms with Gasteiger partial charge in [0.1, 0.15) is 17.7 Å². The maximum atomic E-state index is 14.5. The Morgan fingerprint density at radius 1 is 1.05 bits per heavy atom. The molecular weight excluding hydrogens is 594 g/mol. The van der Waals surface area contributed by atoms with Gasteiger partial charge < -0.3 is 20.3 Å². The summed E-state index contributed by atoms with van der Waals surface area (Å²) in [6.45, 7) is 9.67. The maximum Gasteiger partial charge on any atom is 0.408 e. The summed E-state index contributed by atoms with van der Waals surface area (Å²) < 4.78 is 5.50. The summed E-state index contributed by atoms with van der Waals surface area (Å²) in [5, 5.41) is 6.19. The van der Waals surface area contributed by atoms with E-state index >= 15 is 0 Å². The topological polar surface area (TPSA) is 87.7 Å². The molecule has 0 heterocycles. The average Bonchev–Trinajstić information content (AvgIpc) is 2.97. The van der Waals surface area contributed by atoms with Crippen LogP contribution in [0.5, 0.6) is 0 Å². The van der Waals surface area contributed by atoms with Gasteiger partial charge >= 0.3 is 6.09 Å². The molecule has 0 aliphatic rings. The van der Waals surface area contributed by atoms with Crippen LogP contribution < -0.4 is 10.6 Å². The minimum atomic E-state index is -1.00. The number of ether oxygens (including phenoxy) is 1. The van der Waals surface area contributed by atoms with E-state index in [-0.39, 0.29) is 5.91 Å². The molecule has 44 heavy (non-hydrogen) atoms. The third-order valence-corrected chi connectivity index (χ3v) is 8.02. The number of rotatable bonds is 16. The van der Waals surface area contributed by atoms with Crippen LogP contribution in [0, 0.1) is 19.3 Å². The van der Waals surface area contributed by atoms with Crippen molar-refractivity contribution < 1.29 is 19.1 Å². The molecule has 2 N–H and O–H groups in total. The Morgan fingerprint density at radius 3 is 2.30 bits per heavy atom. The molecule has 2 atom stereocenters. The van der Waals surface area contributed by atoms with E-state index in [1.165, 1.54) is 0 Å². The van der Waals surface area contributed by atoms with Gasteiger partial charge in [-0.05, 0) is 81.9 Å². The van der Waals surface area contributed by atoms with E-state index in [9.17, 15) is 14.4 Å². The summed E-state index contributed by atoms with van der Waals surface area (Å²) in [6.07, 6.45) is 13.3. The highest BCUT2D eigenvalue weighted by molar-refractivity contribution is 7.98. The van der Waals surface area contributed by atoms with Crippen LogP contribution in [-0.2, 0) is 14.3 Å². The van der Waals surface area contributed by atoms with Gasteiger partial charge in [-0.1, -0.05) is 80.8 Å². The van der Waals surface area contributed by atoms with Crippen molar-refractivity contribution in [2.75, 3.05) is 23.9 Å². The first kappa shape index (κ1) is 37.0. The second-order valence-electron chi connectivity index (χ2n) is 11.9. The Bertz CT molecular complexity index is 1250. The molecule has 0 aromatic heterocycles. The zero-order valence-electron chi connectivity index (χ0n) is 27.0. The summed E-state index contributed by atoms with van der Waals surface area (Å²) in [7, 11) is 0. The third kappa shape index (κ3) is 12.1. The second kappa shape index (κ2) is 18.6. The van der Waals surface area contributed by atoms with Gasteiger partial charge in [0.25, 0.3) is 5.91 Å². The van der Waals surface area contributed by atoms with Crippen molar-refractivity contribution in [1.82, 2.24) is 10.2 Å². The van der Waals surface area contributed by atoms with E-state index in [2.05, 4.69) is 23.5 Å². The number of benzene rings is 2. The van der Waals surface area contributed by atoms with Crippen molar-refractivity contribution in [2.24, 2.45) is 0 Å². The molecule has 2 rings (SSSR count). The lowest BCUT2D eigenvalue weighted by atomic mass is 9.99. The van der Waals surface area contributed by atoms with E-state index in [0.717, 1.165) is 37.7 Å². The Morgan fingerprint density at radius 2 is 1.70 bits per heavy atom. The second-order valence-corrected chi connectivity index (χ2v) is 13.3. The van der Waals surface area contributed by atoms with Crippen molar-refractivity contribution in [3.05, 3.63) is 64.2 Å². The molecule has 2 unspecified atom stereocenters. The maximum absolute atomic E-state index is 14.5. The molecular formula is C35H48ClN3O4S. The number of para-hydroxylation sites is 1. The lowest BCUT2D eigenvalue weighted by molar-refractivity contribution is -0.141. The van der Waals surface area contributed by atoms with E-state index in [1.807, 2.05) is 25.3 Å². The zero-order chi connectivity index (χ0) is 32.7. The molecule has 0 aliphatic heterocycles. The fraction of sp³-hybridized carbons (Fsp3) is 0.514. The number of unbranched alkanes of at least 4 members (excludes halogenated alkanes) is 5. The molecule has 0 bridgehead atoms. The van der Waals surface area contributed by atoms with Gasteiger partial charge in [0.05, 0.1) is 10.7 Å². The van der Waals surface area contributed by atoms with Crippen molar-refractivity contribution >= 4 is 47.0 Å². The lowest BCUT2D eigenvalue weighted by Crippen LogP contribution is -2.52. The van der Waals surface area contributed by atoms with Crippen LogP contribution in [0.4, 0.5) is 10.5 Å². The number of hydrogen-bond acceptors (Lipinski definition) is 5. The van der Waals surface area contributed by atoms with Gasteiger partial charge in [-0.3, -0.25) is 9.59 Å². The molecule has 0 fully saturated rings. The number of aryl methyl sites for hydroxylation is 1. The third-order valence-electron chi connectivity index (χ3n) is 7.06. The number of amides is 3. The highest BCUT2D eigenvalue weighted by Crippen LogP contribution is 2.30. The number of thioether (sulfide) groups is 1. The van der Waals surface area contributed by atoms with Crippen LogP contribution in [0.3, 0.4) is 0 Å². The molecule has 2 aromatic carbocycles. The molecule has 0 saturated heterocycles. The monoisotopic (exact) mass is 641 g/mol. The molecule has 0 saturated carbocycles. The molecule has 0 spiro atoms. The van der Waals surface area contributed by atoms with Crippen LogP contribution in [0.2, 0.25) is 5.02 Å². The van der Waals surface area contributed by atoms with E-state index in [1.54, 1.807) is 67.8 Å². The minimum Gasteiger partial charge on any atom is -0.444 e. The molecule has 0 aliphatic carbocycles. The number of alkyl carbamates (subject to hydrolysis) is 1. The number of carbonyl (C=O) groups excluding carboxylic acids is 3. The molecule has 240 valence electrons. The molecule has 2 aromatic rings. The minimum absolute atomic E-state index is 0.327. The number of nitrogens with zero attached hydrogens (tertiary/aromatic N) is 1. The summed E-state index contributed by atoms with van der Waals surface area (Å²) in [5.41, 5.74) is 1.82. The van der Waals surface area contributed by atoms with Gasteiger partial charge in [-0.25, -0.2) is 4.79 Å². The van der Waals surface area contributed by atoms with Crippen LogP contribution >= 0.6 is 23.4 Å². The summed E-state index contributed by atoms with van der Waals surface area (Å²) >= 11 is 8.06. The normalized spacial score (nSPS) is 12.5. The number of terminal acetylenes is 1. The van der Waals surface area contributed by atoms with Crippen LogP contribution in [-0.4, -0.2) is 53.0 Å². The van der Waals surface area contributed by atoms with Gasteiger partial charge in [-0.2, -0.15) is 11.8 Å². The predicted octanol–water partition coefficient (Wildman–Crippen LogP) is 8.15. The molecule has 7 nitrogen and oxygen atoms in total. The summed E-state index contributed by atoms with van der Waals surface area (Å²) in [4.78, 5) is 43.1. The first-order valence-corrected chi connectivity index (χ1v) is 17.1. The Kier molecular flexibility index (Phi) is 15.7. The fourth-order valence-electron chi connectivity index (χ4n) is 4.79. The standard InChI is InChI=1S/C35H48ClN3O4S/c1-8-10-11-12-13-14-23-39(33(41)29(22-24-44-7)37-34(42)43-35(4,5)6)31(27-20-18-26(9-2)19-21-27)32(40)38-30-25(3)16-15-17-28(30)36/h2,15-21,29,31H,8,10-14,22-24H2,1,3-7H3,(H,37,42)(H,38,40). The number of nitrogens with one attached hydrogen (secondary N) is 2. The van der Waals surface area contributed by atoms with Crippen LogP contribution in [0.25, 0.3) is 0 Å². The van der Waals surface area contributed by atoms with Crippen molar-refractivity contribution in [2.45, 2.75) is 97.2 Å². The smallest absolute Gasteiger partial charge is 0.408 e. The Balaban J connectivity index is 2.56. The van der Waals surface area contributed by atoms with Crippen molar-refractivity contribution in [3.8, 4) is 12.3 Å². The molecule has 3 amide bonds. The fourth-order valence-corrected chi connectivity index (χ4v) is 5.53. The van der Waals surface area contributed by atoms with Crippen molar-refractivity contribution in [1.29, 1.82) is 0 Å². The summed E-state index contributed by atoms with van der Waals surface area (Å²) in [5.74, 6) is 2.48. The average molecular weight is 642 g/mol. The number of hydrogen-bond donors (Lipinski definition) is 2. The SMILES string of the molecule is C#Cc1ccc(C(C(=O)Nc2c(C)cccc2Cl)N(CCCCCCCC)C(=O)C(CCSC)NC(=O)OC(C)(C)C)cc1. The van der Waals surface area contributed by atoms with Crippen LogP contribution in [0.1, 0.15) is 95.4 Å². The van der Waals surface area contributed by atoms with Gasteiger partial charge in [0.2, 0.25) is 5.91 Å². The molecule has 9 heteroatoms. The quantitative estimate of drug-likeness (QED) is 0.143. The largest absolute Gasteiger partial charge is 0.444 e. The van der Waals surface area contributed by atoms with Gasteiger partial charge in [0.15, 0.2) is 0 Å². The molecule has 0 radical (unpaired) electrons. The summed E-state index contributed by atoms with van der Waals surface area (Å²) in [6, 6.07) is 10.6.